The molecular formula is C15H16N4O2. The maximum atomic E-state index is 12.6. The van der Waals surface area contributed by atoms with Crippen molar-refractivity contribution in [1.82, 2.24) is 20.4 Å². The minimum Gasteiger partial charge on any atom is -0.354 e. The van der Waals surface area contributed by atoms with Crippen LogP contribution in [0.25, 0.3) is 11.3 Å². The molecule has 1 saturated heterocycles. The van der Waals surface area contributed by atoms with Gasteiger partial charge in [-0.25, -0.2) is 0 Å². The molecule has 2 heterocycles. The molecule has 1 fully saturated rings. The van der Waals surface area contributed by atoms with Crippen molar-refractivity contribution >= 4 is 11.8 Å². The zero-order valence-corrected chi connectivity index (χ0v) is 11.5. The molecule has 0 bridgehead atoms. The maximum Gasteiger partial charge on any atom is 0.258 e. The summed E-state index contributed by atoms with van der Waals surface area (Å²) >= 11 is 0. The van der Waals surface area contributed by atoms with Crippen molar-refractivity contribution in [2.75, 3.05) is 19.6 Å². The molecule has 21 heavy (non-hydrogen) atoms. The predicted molar refractivity (Wildman–Crippen MR) is 77.6 cm³/mol. The summed E-state index contributed by atoms with van der Waals surface area (Å²) in [5, 5.41) is 9.62. The van der Waals surface area contributed by atoms with Crippen LogP contribution < -0.4 is 5.32 Å². The molecule has 1 aromatic heterocycles. The molecule has 0 unspecified atom stereocenters. The molecule has 2 aromatic rings. The Morgan fingerprint density at radius 1 is 1.24 bits per heavy atom. The maximum absolute atomic E-state index is 12.6. The highest BCUT2D eigenvalue weighted by Gasteiger charge is 2.24. The van der Waals surface area contributed by atoms with E-state index in [1.54, 1.807) is 4.90 Å². The van der Waals surface area contributed by atoms with E-state index >= 15 is 0 Å². The quantitative estimate of drug-likeness (QED) is 0.865. The zero-order chi connectivity index (χ0) is 14.7. The first-order chi connectivity index (χ1) is 10.3. The molecule has 3 rings (SSSR count). The van der Waals surface area contributed by atoms with Gasteiger partial charge in [0, 0.05) is 18.7 Å². The van der Waals surface area contributed by atoms with Gasteiger partial charge in [0.2, 0.25) is 5.91 Å². The molecule has 0 atom stereocenters. The van der Waals surface area contributed by atoms with Crippen LogP contribution in [0.5, 0.6) is 0 Å². The van der Waals surface area contributed by atoms with Crippen LogP contribution in [0.2, 0.25) is 0 Å². The summed E-state index contributed by atoms with van der Waals surface area (Å²) in [6.45, 7) is 1.27. The lowest BCUT2D eigenvalue weighted by Gasteiger charge is -2.18. The summed E-state index contributed by atoms with van der Waals surface area (Å²) in [6, 6.07) is 9.56. The lowest BCUT2D eigenvalue weighted by atomic mass is 10.1. The molecule has 1 aliphatic heterocycles. The minimum atomic E-state index is -0.167. The molecule has 0 radical (unpaired) electrons. The number of carbonyl (C=O) groups is 2. The second kappa shape index (κ2) is 5.78. The summed E-state index contributed by atoms with van der Waals surface area (Å²) in [5.41, 5.74) is 2.08. The van der Waals surface area contributed by atoms with E-state index in [0.717, 1.165) is 12.0 Å². The lowest BCUT2D eigenvalue weighted by Crippen LogP contribution is -2.37. The second-order valence-electron chi connectivity index (χ2n) is 4.95. The Morgan fingerprint density at radius 3 is 2.86 bits per heavy atom. The van der Waals surface area contributed by atoms with Crippen LogP contribution in [0.3, 0.4) is 0 Å². The number of nitrogens with one attached hydrogen (secondary N) is 2. The second-order valence-corrected chi connectivity index (χ2v) is 4.95. The van der Waals surface area contributed by atoms with Crippen molar-refractivity contribution in [3.63, 3.8) is 0 Å². The van der Waals surface area contributed by atoms with Gasteiger partial charge < -0.3 is 10.2 Å². The van der Waals surface area contributed by atoms with E-state index in [2.05, 4.69) is 15.5 Å². The van der Waals surface area contributed by atoms with Gasteiger partial charge in [-0.2, -0.15) is 5.10 Å². The van der Waals surface area contributed by atoms with Crippen LogP contribution >= 0.6 is 0 Å². The third-order valence-corrected chi connectivity index (χ3v) is 3.48. The number of hydrogen-bond acceptors (Lipinski definition) is 3. The highest BCUT2D eigenvalue weighted by molar-refractivity contribution is 6.01. The number of carbonyl (C=O) groups excluding carboxylic acids is 2. The third kappa shape index (κ3) is 2.79. The lowest BCUT2D eigenvalue weighted by molar-refractivity contribution is -0.121. The Labute approximate surface area is 122 Å². The van der Waals surface area contributed by atoms with Crippen molar-refractivity contribution < 1.29 is 9.59 Å². The average molecular weight is 284 g/mol. The van der Waals surface area contributed by atoms with Crippen LogP contribution in [-0.4, -0.2) is 46.5 Å². The van der Waals surface area contributed by atoms with Gasteiger partial charge in [0.25, 0.3) is 5.91 Å². The van der Waals surface area contributed by atoms with Gasteiger partial charge in [0.15, 0.2) is 0 Å². The Hall–Kier alpha value is -2.63. The summed E-state index contributed by atoms with van der Waals surface area (Å²) in [5.74, 6) is -0.287. The molecule has 2 N–H and O–H groups in total. The van der Waals surface area contributed by atoms with Crippen LogP contribution in [0, 0.1) is 0 Å². The highest BCUT2D eigenvalue weighted by Crippen LogP contribution is 2.22. The third-order valence-electron chi connectivity index (χ3n) is 3.48. The molecule has 6 heteroatoms. The predicted octanol–water partition coefficient (Wildman–Crippen LogP) is 1.04. The summed E-state index contributed by atoms with van der Waals surface area (Å²) in [4.78, 5) is 25.8. The molecule has 108 valence electrons. The summed E-state index contributed by atoms with van der Waals surface area (Å²) in [6.07, 6.45) is 2.28. The zero-order valence-electron chi connectivity index (χ0n) is 11.5. The number of aromatic amines is 1. The number of aromatic nitrogens is 2. The molecule has 0 aliphatic carbocycles. The van der Waals surface area contributed by atoms with Gasteiger partial charge in [0.05, 0.1) is 24.0 Å². The van der Waals surface area contributed by atoms with E-state index < -0.39 is 0 Å². The first kappa shape index (κ1) is 13.4. The fourth-order valence-corrected chi connectivity index (χ4v) is 2.42. The van der Waals surface area contributed by atoms with Gasteiger partial charge in [-0.05, 0) is 6.42 Å². The highest BCUT2D eigenvalue weighted by atomic mass is 16.2. The number of rotatable bonds is 2. The fourth-order valence-electron chi connectivity index (χ4n) is 2.42. The summed E-state index contributed by atoms with van der Waals surface area (Å²) < 4.78 is 0. The van der Waals surface area contributed by atoms with E-state index in [-0.39, 0.29) is 18.4 Å². The normalized spacial score (nSPS) is 15.4. The smallest absolute Gasteiger partial charge is 0.258 e. The van der Waals surface area contributed by atoms with Crippen molar-refractivity contribution in [2.24, 2.45) is 0 Å². The Balaban J connectivity index is 1.89. The molecule has 1 aliphatic rings. The van der Waals surface area contributed by atoms with E-state index in [9.17, 15) is 9.59 Å². The van der Waals surface area contributed by atoms with Gasteiger partial charge in [-0.15, -0.1) is 0 Å². The van der Waals surface area contributed by atoms with Crippen LogP contribution in [-0.2, 0) is 4.79 Å². The molecule has 1 aromatic carbocycles. The molecule has 2 amide bonds. The topological polar surface area (TPSA) is 78.1 Å². The Morgan fingerprint density at radius 2 is 2.05 bits per heavy atom. The molecule has 6 nitrogen and oxygen atoms in total. The van der Waals surface area contributed by atoms with Crippen molar-refractivity contribution in [2.45, 2.75) is 6.42 Å². The van der Waals surface area contributed by atoms with Gasteiger partial charge in [-0.3, -0.25) is 14.7 Å². The molecular weight excluding hydrogens is 268 g/mol. The van der Waals surface area contributed by atoms with Crippen LogP contribution in [0.1, 0.15) is 16.8 Å². The Bertz CT molecular complexity index is 651. The molecule has 0 spiro atoms. The summed E-state index contributed by atoms with van der Waals surface area (Å²) in [7, 11) is 0. The largest absolute Gasteiger partial charge is 0.354 e. The van der Waals surface area contributed by atoms with Crippen LogP contribution in [0.4, 0.5) is 0 Å². The average Bonchev–Trinajstić information content (AvgIpc) is 2.90. The number of H-pyrrole nitrogens is 1. The van der Waals surface area contributed by atoms with E-state index in [1.165, 1.54) is 6.20 Å². The monoisotopic (exact) mass is 284 g/mol. The SMILES string of the molecule is O=C1CN(C(=O)c2cn[nH]c2-c2ccccc2)CCCN1. The van der Waals surface area contributed by atoms with Gasteiger partial charge >= 0.3 is 0 Å². The fraction of sp³-hybridized carbons (Fsp3) is 0.267. The van der Waals surface area contributed by atoms with E-state index in [4.69, 9.17) is 0 Å². The van der Waals surface area contributed by atoms with Gasteiger partial charge in [-0.1, -0.05) is 30.3 Å². The first-order valence-electron chi connectivity index (χ1n) is 6.90. The first-order valence-corrected chi connectivity index (χ1v) is 6.90. The number of nitrogens with zero attached hydrogens (tertiary/aromatic N) is 2. The van der Waals surface area contributed by atoms with Crippen molar-refractivity contribution in [3.8, 4) is 11.3 Å². The van der Waals surface area contributed by atoms with E-state index in [0.29, 0.717) is 24.3 Å². The minimum absolute atomic E-state index is 0.0955. The number of amides is 2. The Kier molecular flexibility index (Phi) is 3.68. The molecule has 0 saturated carbocycles. The van der Waals surface area contributed by atoms with Crippen molar-refractivity contribution in [3.05, 3.63) is 42.1 Å². The van der Waals surface area contributed by atoms with E-state index in [1.807, 2.05) is 30.3 Å². The number of hydrogen-bond donors (Lipinski definition) is 2. The van der Waals surface area contributed by atoms with Crippen LogP contribution in [0.15, 0.2) is 36.5 Å². The van der Waals surface area contributed by atoms with Gasteiger partial charge in [0.1, 0.15) is 0 Å². The van der Waals surface area contributed by atoms with Crippen molar-refractivity contribution in [1.29, 1.82) is 0 Å². The standard InChI is InChI=1S/C15H16N4O2/c20-13-10-19(8-4-7-16-13)15(21)12-9-17-18-14(12)11-5-2-1-3-6-11/h1-3,5-6,9H,4,7-8,10H2,(H,16,20)(H,17,18). The number of benzene rings is 1.